The molecule has 2 heterocycles. The van der Waals surface area contributed by atoms with Gasteiger partial charge in [0, 0.05) is 24.1 Å². The van der Waals surface area contributed by atoms with Crippen molar-refractivity contribution in [2.45, 2.75) is 13.8 Å². The van der Waals surface area contributed by atoms with E-state index in [1.54, 1.807) is 29.0 Å². The summed E-state index contributed by atoms with van der Waals surface area (Å²) < 4.78 is 1.58. The Balaban J connectivity index is 1.90. The molecule has 5 heteroatoms. The summed E-state index contributed by atoms with van der Waals surface area (Å²) in [7, 11) is 0. The molecular formula is C15H14N4O. The van der Waals surface area contributed by atoms with Crippen LogP contribution < -0.4 is 5.32 Å². The minimum Gasteiger partial charge on any atom is -0.320 e. The average Bonchev–Trinajstić information content (AvgIpc) is 2.87. The van der Waals surface area contributed by atoms with E-state index in [0.29, 0.717) is 11.3 Å². The molecule has 5 nitrogen and oxygen atoms in total. The van der Waals surface area contributed by atoms with Gasteiger partial charge >= 0.3 is 0 Å². The molecule has 0 aliphatic heterocycles. The number of nitrogens with one attached hydrogen (secondary N) is 1. The number of amides is 1. The Kier molecular flexibility index (Phi) is 2.95. The van der Waals surface area contributed by atoms with Gasteiger partial charge in [0.1, 0.15) is 0 Å². The van der Waals surface area contributed by atoms with Crippen LogP contribution in [-0.4, -0.2) is 20.5 Å². The van der Waals surface area contributed by atoms with Gasteiger partial charge < -0.3 is 5.32 Å². The molecule has 0 spiro atoms. The van der Waals surface area contributed by atoms with Gasteiger partial charge in [-0.2, -0.15) is 5.10 Å². The van der Waals surface area contributed by atoms with Crippen LogP contribution in [0.25, 0.3) is 5.65 Å². The first kappa shape index (κ1) is 12.3. The maximum atomic E-state index is 12.2. The van der Waals surface area contributed by atoms with E-state index in [1.807, 2.05) is 32.0 Å². The quantitative estimate of drug-likeness (QED) is 0.775. The highest BCUT2D eigenvalue weighted by molar-refractivity contribution is 6.03. The van der Waals surface area contributed by atoms with Gasteiger partial charge in [0.2, 0.25) is 0 Å². The highest BCUT2D eigenvalue weighted by atomic mass is 16.1. The van der Waals surface area contributed by atoms with Crippen molar-refractivity contribution in [3.05, 3.63) is 59.5 Å². The monoisotopic (exact) mass is 266 g/mol. The summed E-state index contributed by atoms with van der Waals surface area (Å²) in [5.74, 6) is -0.232. The SMILES string of the molecule is Cc1ccc(C)c(NC(=O)c2cc3ncccn3n2)c1. The number of hydrogen-bond acceptors (Lipinski definition) is 3. The molecule has 0 aliphatic carbocycles. The Bertz CT molecular complexity index is 758. The van der Waals surface area contributed by atoms with E-state index < -0.39 is 0 Å². The summed E-state index contributed by atoms with van der Waals surface area (Å²) in [4.78, 5) is 16.4. The van der Waals surface area contributed by atoms with Crippen molar-refractivity contribution < 1.29 is 4.79 Å². The third-order valence-electron chi connectivity index (χ3n) is 3.11. The predicted octanol–water partition coefficient (Wildman–Crippen LogP) is 2.60. The van der Waals surface area contributed by atoms with Gasteiger partial charge in [-0.25, -0.2) is 9.50 Å². The van der Waals surface area contributed by atoms with Crippen LogP contribution >= 0.6 is 0 Å². The summed E-state index contributed by atoms with van der Waals surface area (Å²) in [5.41, 5.74) is 3.93. The van der Waals surface area contributed by atoms with E-state index in [4.69, 9.17) is 0 Å². The van der Waals surface area contributed by atoms with Crippen molar-refractivity contribution in [2.75, 3.05) is 5.32 Å². The zero-order chi connectivity index (χ0) is 14.1. The Morgan fingerprint density at radius 2 is 2.10 bits per heavy atom. The summed E-state index contributed by atoms with van der Waals surface area (Å²) in [6.45, 7) is 3.95. The fourth-order valence-corrected chi connectivity index (χ4v) is 2.00. The van der Waals surface area contributed by atoms with Crippen molar-refractivity contribution in [1.29, 1.82) is 0 Å². The second kappa shape index (κ2) is 4.77. The molecule has 100 valence electrons. The molecule has 0 saturated heterocycles. The number of anilines is 1. The smallest absolute Gasteiger partial charge is 0.276 e. The zero-order valence-corrected chi connectivity index (χ0v) is 11.3. The number of aryl methyl sites for hydroxylation is 2. The topological polar surface area (TPSA) is 59.3 Å². The molecule has 3 rings (SSSR count). The van der Waals surface area contributed by atoms with Gasteiger partial charge in [0.05, 0.1) is 0 Å². The lowest BCUT2D eigenvalue weighted by Gasteiger charge is -2.07. The van der Waals surface area contributed by atoms with Crippen LogP contribution in [0.2, 0.25) is 0 Å². The van der Waals surface area contributed by atoms with Crippen LogP contribution in [0.5, 0.6) is 0 Å². The number of fused-ring (bicyclic) bond motifs is 1. The Hall–Kier alpha value is -2.69. The van der Waals surface area contributed by atoms with Gasteiger partial charge in [0.15, 0.2) is 11.3 Å². The molecule has 0 aliphatic rings. The number of hydrogen-bond donors (Lipinski definition) is 1. The number of carbonyl (C=O) groups excluding carboxylic acids is 1. The van der Waals surface area contributed by atoms with Gasteiger partial charge in [0.25, 0.3) is 5.91 Å². The Morgan fingerprint density at radius 3 is 2.90 bits per heavy atom. The van der Waals surface area contributed by atoms with Crippen molar-refractivity contribution >= 4 is 17.2 Å². The summed E-state index contributed by atoms with van der Waals surface area (Å²) in [6, 6.07) is 9.38. The van der Waals surface area contributed by atoms with Gasteiger partial charge in [-0.15, -0.1) is 0 Å². The van der Waals surface area contributed by atoms with Gasteiger partial charge in [-0.3, -0.25) is 4.79 Å². The van der Waals surface area contributed by atoms with Crippen LogP contribution in [0.1, 0.15) is 21.6 Å². The van der Waals surface area contributed by atoms with Gasteiger partial charge in [-0.1, -0.05) is 12.1 Å². The van der Waals surface area contributed by atoms with Crippen molar-refractivity contribution in [3.8, 4) is 0 Å². The maximum absolute atomic E-state index is 12.2. The van der Waals surface area contributed by atoms with Crippen molar-refractivity contribution in [1.82, 2.24) is 14.6 Å². The Morgan fingerprint density at radius 1 is 1.25 bits per heavy atom. The number of aromatic nitrogens is 3. The highest BCUT2D eigenvalue weighted by Gasteiger charge is 2.12. The summed E-state index contributed by atoms with van der Waals surface area (Å²) >= 11 is 0. The lowest BCUT2D eigenvalue weighted by molar-refractivity contribution is 0.102. The normalized spacial score (nSPS) is 10.7. The van der Waals surface area contributed by atoms with Crippen molar-refractivity contribution in [2.24, 2.45) is 0 Å². The molecule has 3 aromatic rings. The Labute approximate surface area is 116 Å². The number of rotatable bonds is 2. The molecule has 2 aromatic heterocycles. The lowest BCUT2D eigenvalue weighted by atomic mass is 10.1. The molecule has 20 heavy (non-hydrogen) atoms. The summed E-state index contributed by atoms with van der Waals surface area (Å²) in [6.07, 6.45) is 3.43. The second-order valence-electron chi connectivity index (χ2n) is 4.72. The number of nitrogens with zero attached hydrogens (tertiary/aromatic N) is 3. The van der Waals surface area contributed by atoms with Crippen LogP contribution in [0.4, 0.5) is 5.69 Å². The minimum atomic E-state index is -0.232. The van der Waals surface area contributed by atoms with Crippen molar-refractivity contribution in [3.63, 3.8) is 0 Å². The largest absolute Gasteiger partial charge is 0.320 e. The predicted molar refractivity (Wildman–Crippen MR) is 76.9 cm³/mol. The van der Waals surface area contributed by atoms with E-state index >= 15 is 0 Å². The molecule has 1 amide bonds. The van der Waals surface area contributed by atoms with Crippen LogP contribution in [0, 0.1) is 13.8 Å². The standard InChI is InChI=1S/C15H14N4O/c1-10-4-5-11(2)12(8-10)17-15(20)13-9-14-16-6-3-7-19(14)18-13/h3-9H,1-2H3,(H,17,20). The van der Waals surface area contributed by atoms with E-state index in [9.17, 15) is 4.79 Å². The van der Waals surface area contributed by atoms with E-state index in [-0.39, 0.29) is 5.91 Å². The van der Waals surface area contributed by atoms with Crippen LogP contribution in [-0.2, 0) is 0 Å². The fourth-order valence-electron chi connectivity index (χ4n) is 2.00. The van der Waals surface area contributed by atoms with Crippen LogP contribution in [0.3, 0.4) is 0 Å². The van der Waals surface area contributed by atoms with E-state index in [0.717, 1.165) is 16.8 Å². The third-order valence-corrected chi connectivity index (χ3v) is 3.11. The first-order valence-corrected chi connectivity index (χ1v) is 6.32. The first-order chi connectivity index (χ1) is 9.63. The van der Waals surface area contributed by atoms with Gasteiger partial charge in [-0.05, 0) is 37.1 Å². The van der Waals surface area contributed by atoms with E-state index in [1.165, 1.54) is 0 Å². The molecule has 0 bridgehead atoms. The molecular weight excluding hydrogens is 252 g/mol. The highest BCUT2D eigenvalue weighted by Crippen LogP contribution is 2.17. The molecule has 0 saturated carbocycles. The van der Waals surface area contributed by atoms with Crippen LogP contribution in [0.15, 0.2) is 42.7 Å². The molecule has 0 fully saturated rings. The second-order valence-corrected chi connectivity index (χ2v) is 4.72. The third kappa shape index (κ3) is 2.25. The maximum Gasteiger partial charge on any atom is 0.276 e. The minimum absolute atomic E-state index is 0.232. The molecule has 0 radical (unpaired) electrons. The number of carbonyl (C=O) groups is 1. The molecule has 1 aromatic carbocycles. The van der Waals surface area contributed by atoms with E-state index in [2.05, 4.69) is 15.4 Å². The lowest BCUT2D eigenvalue weighted by Crippen LogP contribution is -2.13. The first-order valence-electron chi connectivity index (χ1n) is 6.32. The molecule has 0 unspecified atom stereocenters. The zero-order valence-electron chi connectivity index (χ0n) is 11.3. The average molecular weight is 266 g/mol. The molecule has 1 N–H and O–H groups in total. The number of benzene rings is 1. The fraction of sp³-hybridized carbons (Fsp3) is 0.133. The summed E-state index contributed by atoms with van der Waals surface area (Å²) in [5, 5.41) is 7.09. The molecule has 0 atom stereocenters.